The number of carbonyl (C=O) groups excluding carboxylic acids is 1. The van der Waals surface area contributed by atoms with E-state index in [9.17, 15) is 4.79 Å². The lowest BCUT2D eigenvalue weighted by molar-refractivity contribution is -0.118. The maximum Gasteiger partial charge on any atom is 0.231 e. The Labute approximate surface area is 195 Å². The van der Waals surface area contributed by atoms with Crippen molar-refractivity contribution in [2.75, 3.05) is 23.4 Å². The number of hydrogen-bond acceptors (Lipinski definition) is 3. The summed E-state index contributed by atoms with van der Waals surface area (Å²) in [6.45, 7) is 3.73. The number of para-hydroxylation sites is 1. The average Bonchev–Trinajstić information content (AvgIpc) is 3.33. The molecule has 4 nitrogen and oxygen atoms in total. The van der Waals surface area contributed by atoms with E-state index >= 15 is 0 Å². The molecule has 0 bridgehead atoms. The molecule has 0 radical (unpaired) electrons. The summed E-state index contributed by atoms with van der Waals surface area (Å²) in [5, 5.41) is 3.79. The molecule has 3 aliphatic heterocycles. The van der Waals surface area contributed by atoms with Crippen molar-refractivity contribution >= 4 is 17.3 Å². The molecule has 0 aliphatic carbocycles. The summed E-state index contributed by atoms with van der Waals surface area (Å²) in [5.74, 6) is 0.576. The summed E-state index contributed by atoms with van der Waals surface area (Å²) in [7, 11) is 0. The number of carbonyl (C=O) groups is 1. The Bertz CT molecular complexity index is 1200. The van der Waals surface area contributed by atoms with Gasteiger partial charge in [0.15, 0.2) is 0 Å². The summed E-state index contributed by atoms with van der Waals surface area (Å²) < 4.78 is 6.25. The van der Waals surface area contributed by atoms with Gasteiger partial charge in [-0.1, -0.05) is 60.2 Å². The number of aryl methyl sites for hydroxylation is 2. The molecule has 0 aromatic heterocycles. The van der Waals surface area contributed by atoms with Crippen LogP contribution in [0.15, 0.2) is 66.7 Å². The highest BCUT2D eigenvalue weighted by atomic mass is 16.5. The van der Waals surface area contributed by atoms with Crippen LogP contribution in [0.25, 0.3) is 0 Å². The molecule has 3 aromatic rings. The molecule has 3 aliphatic rings. The lowest BCUT2D eigenvalue weighted by atomic mass is 9.80. The standard InChI is InChI=1S/C29H30N2O2/c1-19-6-4-8-22(16-19)28-23-13-15-33-29(23)24-17-20(11-12-25(24)30-28)18-27(32)31-14-5-9-21-7-2-3-10-26(21)31/h2-4,6-8,10-12,16-17,23,28-30H,5,9,13-15,18H2,1H3. The molecule has 1 N–H and O–H groups in total. The van der Waals surface area contributed by atoms with Crippen molar-refractivity contribution in [3.63, 3.8) is 0 Å². The highest BCUT2D eigenvalue weighted by Gasteiger charge is 2.41. The first-order valence-corrected chi connectivity index (χ1v) is 12.1. The van der Waals surface area contributed by atoms with E-state index in [4.69, 9.17) is 4.74 Å². The fraction of sp³-hybridized carbons (Fsp3) is 0.345. The summed E-state index contributed by atoms with van der Waals surface area (Å²) in [5.41, 5.74) is 8.35. The molecule has 0 saturated carbocycles. The monoisotopic (exact) mass is 438 g/mol. The van der Waals surface area contributed by atoms with Gasteiger partial charge in [-0.3, -0.25) is 4.79 Å². The minimum atomic E-state index is 0.0810. The second kappa shape index (κ2) is 8.35. The quantitative estimate of drug-likeness (QED) is 0.565. The maximum atomic E-state index is 13.3. The highest BCUT2D eigenvalue weighted by Crippen LogP contribution is 2.50. The first-order chi connectivity index (χ1) is 16.2. The zero-order valence-electron chi connectivity index (χ0n) is 19.1. The van der Waals surface area contributed by atoms with Gasteiger partial charge in [0, 0.05) is 36.0 Å². The number of ether oxygens (including phenoxy) is 1. The number of rotatable bonds is 3. The fourth-order valence-corrected chi connectivity index (χ4v) is 5.89. The molecule has 168 valence electrons. The van der Waals surface area contributed by atoms with Gasteiger partial charge in [0.25, 0.3) is 0 Å². The van der Waals surface area contributed by atoms with Crippen molar-refractivity contribution in [1.82, 2.24) is 0 Å². The molecule has 1 fully saturated rings. The Morgan fingerprint density at radius 3 is 2.91 bits per heavy atom. The number of anilines is 2. The molecule has 3 aromatic carbocycles. The number of amides is 1. The fourth-order valence-electron chi connectivity index (χ4n) is 5.89. The van der Waals surface area contributed by atoms with E-state index in [1.54, 1.807) is 0 Å². The molecule has 33 heavy (non-hydrogen) atoms. The van der Waals surface area contributed by atoms with Crippen LogP contribution in [0.1, 0.15) is 52.8 Å². The molecule has 4 heteroatoms. The lowest BCUT2D eigenvalue weighted by Crippen LogP contribution is -2.36. The normalized spacial score (nSPS) is 23.3. The average molecular weight is 439 g/mol. The van der Waals surface area contributed by atoms with Gasteiger partial charge in [-0.05, 0) is 55.0 Å². The number of hydrogen-bond donors (Lipinski definition) is 1. The third kappa shape index (κ3) is 3.72. The molecular weight excluding hydrogens is 408 g/mol. The van der Waals surface area contributed by atoms with Gasteiger partial charge in [-0.25, -0.2) is 0 Å². The minimum Gasteiger partial charge on any atom is -0.378 e. The van der Waals surface area contributed by atoms with Crippen molar-refractivity contribution < 1.29 is 9.53 Å². The van der Waals surface area contributed by atoms with E-state index in [0.717, 1.165) is 49.4 Å². The summed E-state index contributed by atoms with van der Waals surface area (Å²) in [6.07, 6.45) is 3.61. The molecule has 6 rings (SSSR count). The van der Waals surface area contributed by atoms with Gasteiger partial charge < -0.3 is 15.0 Å². The van der Waals surface area contributed by atoms with E-state index in [2.05, 4.69) is 72.9 Å². The number of nitrogens with zero attached hydrogens (tertiary/aromatic N) is 1. The third-order valence-electron chi connectivity index (χ3n) is 7.47. The topological polar surface area (TPSA) is 41.6 Å². The Morgan fingerprint density at radius 2 is 2.00 bits per heavy atom. The van der Waals surface area contributed by atoms with Crippen molar-refractivity contribution in [2.24, 2.45) is 5.92 Å². The smallest absolute Gasteiger partial charge is 0.231 e. The minimum absolute atomic E-state index is 0.0810. The molecular formula is C29H30N2O2. The summed E-state index contributed by atoms with van der Waals surface area (Å²) in [4.78, 5) is 15.2. The van der Waals surface area contributed by atoms with E-state index in [0.29, 0.717) is 12.3 Å². The van der Waals surface area contributed by atoms with Crippen LogP contribution < -0.4 is 10.2 Å². The first-order valence-electron chi connectivity index (χ1n) is 12.1. The van der Waals surface area contributed by atoms with Crippen LogP contribution in [0.2, 0.25) is 0 Å². The largest absolute Gasteiger partial charge is 0.378 e. The first kappa shape index (κ1) is 20.5. The van der Waals surface area contributed by atoms with E-state index < -0.39 is 0 Å². The predicted molar refractivity (Wildman–Crippen MR) is 132 cm³/mol. The Hall–Kier alpha value is -3.11. The Balaban J connectivity index is 1.27. The zero-order valence-corrected chi connectivity index (χ0v) is 19.1. The second-order valence-corrected chi connectivity index (χ2v) is 9.66. The highest BCUT2D eigenvalue weighted by molar-refractivity contribution is 5.96. The van der Waals surface area contributed by atoms with Crippen LogP contribution in [0.5, 0.6) is 0 Å². The van der Waals surface area contributed by atoms with Gasteiger partial charge in [0.1, 0.15) is 0 Å². The van der Waals surface area contributed by atoms with Crippen LogP contribution in [-0.4, -0.2) is 19.1 Å². The van der Waals surface area contributed by atoms with Crippen molar-refractivity contribution in [3.8, 4) is 0 Å². The molecule has 3 heterocycles. The van der Waals surface area contributed by atoms with Crippen LogP contribution in [0.3, 0.4) is 0 Å². The molecule has 0 spiro atoms. The maximum absolute atomic E-state index is 13.3. The third-order valence-corrected chi connectivity index (χ3v) is 7.47. The van der Waals surface area contributed by atoms with Crippen LogP contribution >= 0.6 is 0 Å². The van der Waals surface area contributed by atoms with Crippen LogP contribution in [-0.2, 0) is 22.4 Å². The van der Waals surface area contributed by atoms with E-state index in [1.807, 2.05) is 11.0 Å². The van der Waals surface area contributed by atoms with E-state index in [-0.39, 0.29) is 18.1 Å². The Kier molecular flexibility index (Phi) is 5.18. The molecule has 1 saturated heterocycles. The summed E-state index contributed by atoms with van der Waals surface area (Å²) >= 11 is 0. The SMILES string of the molecule is Cc1cccc(C2Nc3ccc(CC(=O)N4CCCc5ccccc54)cc3C3OCCC23)c1. The number of benzene rings is 3. The van der Waals surface area contributed by atoms with Crippen LogP contribution in [0, 0.1) is 12.8 Å². The van der Waals surface area contributed by atoms with Gasteiger partial charge in [-0.2, -0.15) is 0 Å². The van der Waals surface area contributed by atoms with Gasteiger partial charge in [-0.15, -0.1) is 0 Å². The van der Waals surface area contributed by atoms with Gasteiger partial charge in [0.2, 0.25) is 5.91 Å². The van der Waals surface area contributed by atoms with Crippen molar-refractivity contribution in [2.45, 2.75) is 44.8 Å². The van der Waals surface area contributed by atoms with Crippen molar-refractivity contribution in [3.05, 3.63) is 94.5 Å². The van der Waals surface area contributed by atoms with Gasteiger partial charge in [0.05, 0.1) is 18.6 Å². The zero-order chi connectivity index (χ0) is 22.4. The second-order valence-electron chi connectivity index (χ2n) is 9.66. The molecule has 3 unspecified atom stereocenters. The van der Waals surface area contributed by atoms with Gasteiger partial charge >= 0.3 is 0 Å². The number of fused-ring (bicyclic) bond motifs is 4. The number of nitrogens with one attached hydrogen (secondary N) is 1. The summed E-state index contributed by atoms with van der Waals surface area (Å²) in [6, 6.07) is 23.8. The molecule has 1 amide bonds. The van der Waals surface area contributed by atoms with Crippen LogP contribution in [0.4, 0.5) is 11.4 Å². The predicted octanol–water partition coefficient (Wildman–Crippen LogP) is 5.76. The lowest BCUT2D eigenvalue weighted by Gasteiger charge is -2.37. The van der Waals surface area contributed by atoms with Crippen molar-refractivity contribution in [1.29, 1.82) is 0 Å². The van der Waals surface area contributed by atoms with E-state index in [1.165, 1.54) is 22.3 Å². The Morgan fingerprint density at radius 1 is 1.09 bits per heavy atom. The molecule has 3 atom stereocenters.